The molecule has 1 unspecified atom stereocenters. The lowest BCUT2D eigenvalue weighted by atomic mass is 10.1. The highest BCUT2D eigenvalue weighted by Gasteiger charge is 2.41. The standard InChI is InChI=1S/C11H18N4O4/c1-11(2,3)19-10(18)15-6-7(5-13-14-12)4-8(15)9(16)17/h7-8H,4-6H2,1-3H3,(H,16,17)/t7?,8-/m0/s1. The number of carboxylic acid groups (broad SMARTS) is 1. The summed E-state index contributed by atoms with van der Waals surface area (Å²) in [4.78, 5) is 26.9. The fourth-order valence-corrected chi connectivity index (χ4v) is 1.96. The maximum Gasteiger partial charge on any atom is 0.411 e. The third-order valence-corrected chi connectivity index (χ3v) is 2.70. The van der Waals surface area contributed by atoms with E-state index in [1.165, 1.54) is 4.90 Å². The number of aliphatic carboxylic acids is 1. The molecule has 1 fully saturated rings. The summed E-state index contributed by atoms with van der Waals surface area (Å²) in [7, 11) is 0. The Morgan fingerprint density at radius 1 is 1.53 bits per heavy atom. The van der Waals surface area contributed by atoms with Gasteiger partial charge in [-0.25, -0.2) is 9.59 Å². The van der Waals surface area contributed by atoms with Crippen LogP contribution in [0.3, 0.4) is 0 Å². The van der Waals surface area contributed by atoms with Crippen LogP contribution in [0.25, 0.3) is 10.4 Å². The third-order valence-electron chi connectivity index (χ3n) is 2.70. The van der Waals surface area contributed by atoms with Gasteiger partial charge in [-0.3, -0.25) is 4.90 Å². The Hall–Kier alpha value is -1.95. The van der Waals surface area contributed by atoms with Crippen molar-refractivity contribution in [3.8, 4) is 0 Å². The number of nitrogens with zero attached hydrogens (tertiary/aromatic N) is 4. The zero-order valence-corrected chi connectivity index (χ0v) is 11.2. The number of likely N-dealkylation sites (tertiary alicyclic amines) is 1. The molecule has 0 spiro atoms. The predicted octanol–water partition coefficient (Wildman–Crippen LogP) is 2.01. The van der Waals surface area contributed by atoms with Gasteiger partial charge in [-0.1, -0.05) is 5.11 Å². The van der Waals surface area contributed by atoms with E-state index < -0.39 is 23.7 Å². The summed E-state index contributed by atoms with van der Waals surface area (Å²) in [5.74, 6) is -1.22. The van der Waals surface area contributed by atoms with Crippen molar-refractivity contribution in [3.05, 3.63) is 10.4 Å². The van der Waals surface area contributed by atoms with Crippen LogP contribution in [0.2, 0.25) is 0 Å². The van der Waals surface area contributed by atoms with Crippen molar-refractivity contribution in [1.29, 1.82) is 0 Å². The van der Waals surface area contributed by atoms with Gasteiger partial charge < -0.3 is 9.84 Å². The summed E-state index contributed by atoms with van der Waals surface area (Å²) in [5.41, 5.74) is 7.59. The van der Waals surface area contributed by atoms with Gasteiger partial charge >= 0.3 is 12.1 Å². The Bertz CT molecular complexity index is 411. The molecule has 0 aromatic rings. The summed E-state index contributed by atoms with van der Waals surface area (Å²) < 4.78 is 5.18. The minimum atomic E-state index is -1.07. The quantitative estimate of drug-likeness (QED) is 0.479. The van der Waals surface area contributed by atoms with Crippen molar-refractivity contribution >= 4 is 12.1 Å². The normalized spacial score (nSPS) is 22.8. The summed E-state index contributed by atoms with van der Waals surface area (Å²) in [6.07, 6.45) is -0.378. The van der Waals surface area contributed by atoms with Crippen molar-refractivity contribution in [3.63, 3.8) is 0 Å². The molecular weight excluding hydrogens is 252 g/mol. The molecule has 1 rings (SSSR count). The molecule has 0 bridgehead atoms. The van der Waals surface area contributed by atoms with Gasteiger partial charge in [0.2, 0.25) is 0 Å². The van der Waals surface area contributed by atoms with Gasteiger partial charge in [0.05, 0.1) is 0 Å². The van der Waals surface area contributed by atoms with Crippen LogP contribution in [0, 0.1) is 5.92 Å². The summed E-state index contributed by atoms with van der Waals surface area (Å²) in [5, 5.41) is 12.5. The molecule has 1 aliphatic rings. The topological polar surface area (TPSA) is 116 Å². The van der Waals surface area contributed by atoms with E-state index in [0.717, 1.165) is 0 Å². The average Bonchev–Trinajstić information content (AvgIpc) is 2.68. The SMILES string of the molecule is CC(C)(C)OC(=O)N1CC(CN=[N+]=[N-])C[C@H]1C(=O)O. The molecule has 0 radical (unpaired) electrons. The van der Waals surface area contributed by atoms with Crippen molar-refractivity contribution in [2.24, 2.45) is 11.0 Å². The van der Waals surface area contributed by atoms with Gasteiger partial charge in [-0.15, -0.1) is 0 Å². The van der Waals surface area contributed by atoms with Crippen LogP contribution in [0.4, 0.5) is 4.79 Å². The first kappa shape index (κ1) is 15.1. The molecule has 0 aliphatic carbocycles. The molecule has 1 aliphatic heterocycles. The fraction of sp³-hybridized carbons (Fsp3) is 0.818. The number of carbonyl (C=O) groups excluding carboxylic acids is 1. The van der Waals surface area contributed by atoms with Crippen LogP contribution >= 0.6 is 0 Å². The molecule has 106 valence electrons. The third kappa shape index (κ3) is 4.33. The second kappa shape index (κ2) is 5.79. The monoisotopic (exact) mass is 270 g/mol. The Morgan fingerprint density at radius 3 is 2.63 bits per heavy atom. The smallest absolute Gasteiger partial charge is 0.411 e. The number of azide groups is 1. The molecule has 1 heterocycles. The summed E-state index contributed by atoms with van der Waals surface area (Å²) in [6, 6.07) is -0.922. The van der Waals surface area contributed by atoms with Gasteiger partial charge in [0.25, 0.3) is 0 Å². The van der Waals surface area contributed by atoms with Crippen LogP contribution in [0.15, 0.2) is 5.11 Å². The number of amides is 1. The first-order valence-electron chi connectivity index (χ1n) is 5.98. The first-order chi connectivity index (χ1) is 8.74. The Labute approximate surface area is 111 Å². The first-order valence-corrected chi connectivity index (χ1v) is 5.98. The fourth-order valence-electron chi connectivity index (χ4n) is 1.96. The van der Waals surface area contributed by atoms with Gasteiger partial charge in [0.15, 0.2) is 0 Å². The van der Waals surface area contributed by atoms with E-state index in [1.807, 2.05) is 0 Å². The van der Waals surface area contributed by atoms with Gasteiger partial charge in [-0.05, 0) is 38.6 Å². The van der Waals surface area contributed by atoms with Crippen LogP contribution < -0.4 is 0 Å². The highest BCUT2D eigenvalue weighted by atomic mass is 16.6. The molecule has 0 saturated carbocycles. The molecule has 0 aromatic carbocycles. The second-order valence-electron chi connectivity index (χ2n) is 5.50. The van der Waals surface area contributed by atoms with E-state index in [1.54, 1.807) is 20.8 Å². The van der Waals surface area contributed by atoms with Gasteiger partial charge in [0, 0.05) is 18.0 Å². The number of hydrogen-bond acceptors (Lipinski definition) is 4. The molecule has 0 aromatic heterocycles. The lowest BCUT2D eigenvalue weighted by Gasteiger charge is -2.26. The molecule has 1 amide bonds. The minimum Gasteiger partial charge on any atom is -0.480 e. The average molecular weight is 270 g/mol. The van der Waals surface area contributed by atoms with E-state index in [4.69, 9.17) is 15.4 Å². The van der Waals surface area contributed by atoms with Crippen molar-refractivity contribution in [2.45, 2.75) is 38.8 Å². The molecule has 1 saturated heterocycles. The Morgan fingerprint density at radius 2 is 2.16 bits per heavy atom. The van der Waals surface area contributed by atoms with Crippen LogP contribution in [-0.2, 0) is 9.53 Å². The van der Waals surface area contributed by atoms with Crippen molar-refractivity contribution in [2.75, 3.05) is 13.1 Å². The molecule has 19 heavy (non-hydrogen) atoms. The Balaban J connectivity index is 2.76. The number of carboxylic acids is 1. The number of rotatable bonds is 3. The zero-order chi connectivity index (χ0) is 14.6. The van der Waals surface area contributed by atoms with E-state index in [-0.39, 0.29) is 25.4 Å². The molecule has 8 nitrogen and oxygen atoms in total. The summed E-state index contributed by atoms with van der Waals surface area (Å²) in [6.45, 7) is 5.56. The van der Waals surface area contributed by atoms with E-state index in [9.17, 15) is 9.59 Å². The lowest BCUT2D eigenvalue weighted by Crippen LogP contribution is -2.43. The Kier molecular flexibility index (Phi) is 4.61. The minimum absolute atomic E-state index is 0.149. The van der Waals surface area contributed by atoms with E-state index in [0.29, 0.717) is 0 Å². The maximum absolute atomic E-state index is 11.9. The van der Waals surface area contributed by atoms with Crippen LogP contribution in [-0.4, -0.2) is 46.8 Å². The van der Waals surface area contributed by atoms with Crippen LogP contribution in [0.5, 0.6) is 0 Å². The molecule has 8 heteroatoms. The predicted molar refractivity (Wildman–Crippen MR) is 66.5 cm³/mol. The largest absolute Gasteiger partial charge is 0.480 e. The second-order valence-corrected chi connectivity index (χ2v) is 5.50. The van der Waals surface area contributed by atoms with Crippen molar-refractivity contribution in [1.82, 2.24) is 4.90 Å². The molecule has 1 N–H and O–H groups in total. The number of ether oxygens (including phenoxy) is 1. The van der Waals surface area contributed by atoms with Crippen molar-refractivity contribution < 1.29 is 19.4 Å². The molecule has 2 atom stereocenters. The lowest BCUT2D eigenvalue weighted by molar-refractivity contribution is -0.142. The van der Waals surface area contributed by atoms with E-state index >= 15 is 0 Å². The van der Waals surface area contributed by atoms with Gasteiger partial charge in [-0.2, -0.15) is 0 Å². The van der Waals surface area contributed by atoms with Crippen LogP contribution in [0.1, 0.15) is 27.2 Å². The maximum atomic E-state index is 11.9. The number of carbonyl (C=O) groups is 2. The highest BCUT2D eigenvalue weighted by molar-refractivity contribution is 5.81. The highest BCUT2D eigenvalue weighted by Crippen LogP contribution is 2.26. The van der Waals surface area contributed by atoms with Gasteiger partial charge in [0.1, 0.15) is 11.6 Å². The van der Waals surface area contributed by atoms with E-state index in [2.05, 4.69) is 10.0 Å². The molecular formula is C11H18N4O4. The zero-order valence-electron chi connectivity index (χ0n) is 11.2. The number of hydrogen-bond donors (Lipinski definition) is 1. The summed E-state index contributed by atoms with van der Waals surface area (Å²) >= 11 is 0.